The van der Waals surface area contributed by atoms with Gasteiger partial charge in [-0.25, -0.2) is 0 Å². The first-order valence-electron chi connectivity index (χ1n) is 9.30. The van der Waals surface area contributed by atoms with Crippen LogP contribution in [-0.2, 0) is 24.1 Å². The molecule has 0 radical (unpaired) electrons. The molecule has 1 N–H and O–H groups in total. The van der Waals surface area contributed by atoms with Crippen LogP contribution in [-0.4, -0.2) is 53.7 Å². The van der Waals surface area contributed by atoms with Crippen LogP contribution in [0.4, 0.5) is 5.69 Å². The van der Waals surface area contributed by atoms with E-state index in [2.05, 4.69) is 46.3 Å². The highest BCUT2D eigenvalue weighted by atomic mass is 16.3. The Bertz CT molecular complexity index is 705. The van der Waals surface area contributed by atoms with Crippen LogP contribution in [0.3, 0.4) is 0 Å². The van der Waals surface area contributed by atoms with E-state index in [9.17, 15) is 4.79 Å². The number of aliphatic hydroxyl groups is 1. The maximum Gasteiger partial charge on any atom is 0.219 e. The van der Waals surface area contributed by atoms with Gasteiger partial charge in [0.1, 0.15) is 0 Å². The van der Waals surface area contributed by atoms with Crippen molar-refractivity contribution in [3.8, 4) is 0 Å². The fraction of sp³-hybridized carbons (Fsp3) is 0.429. The molecule has 2 aromatic rings. The van der Waals surface area contributed by atoms with Crippen molar-refractivity contribution >= 4 is 11.6 Å². The number of aliphatic hydroxyl groups excluding tert-OH is 1. The molecule has 0 unspecified atom stereocenters. The smallest absolute Gasteiger partial charge is 0.219 e. The van der Waals surface area contributed by atoms with E-state index in [1.165, 1.54) is 11.1 Å². The van der Waals surface area contributed by atoms with Crippen LogP contribution in [0.5, 0.6) is 0 Å². The molecule has 1 aliphatic rings. The lowest BCUT2D eigenvalue weighted by Crippen LogP contribution is -2.48. The van der Waals surface area contributed by atoms with Crippen molar-refractivity contribution in [2.75, 3.05) is 37.7 Å². The lowest BCUT2D eigenvalue weighted by molar-refractivity contribution is -0.129. The van der Waals surface area contributed by atoms with Gasteiger partial charge in [-0.2, -0.15) is 0 Å². The van der Waals surface area contributed by atoms with E-state index in [0.29, 0.717) is 6.42 Å². The van der Waals surface area contributed by atoms with Crippen LogP contribution >= 0.6 is 0 Å². The number of hydrogen-bond donors (Lipinski definition) is 1. The van der Waals surface area contributed by atoms with Crippen molar-refractivity contribution in [2.45, 2.75) is 26.2 Å². The van der Waals surface area contributed by atoms with Crippen molar-refractivity contribution in [2.24, 2.45) is 0 Å². The van der Waals surface area contributed by atoms with Crippen molar-refractivity contribution < 1.29 is 9.90 Å². The van der Waals surface area contributed by atoms with Gasteiger partial charge in [0, 0.05) is 45.4 Å². The fourth-order valence-electron chi connectivity index (χ4n) is 3.31. The number of benzene rings is 1. The molecule has 1 aliphatic heterocycles. The molecule has 0 aliphatic carbocycles. The van der Waals surface area contributed by atoms with Gasteiger partial charge in [0.25, 0.3) is 0 Å². The van der Waals surface area contributed by atoms with Crippen LogP contribution in [0.1, 0.15) is 23.7 Å². The zero-order valence-electron chi connectivity index (χ0n) is 15.4. The number of nitrogens with zero attached hydrogens (tertiary/aromatic N) is 3. The Hall–Kier alpha value is -2.40. The predicted molar refractivity (Wildman–Crippen MR) is 103 cm³/mol. The highest BCUT2D eigenvalue weighted by Gasteiger charge is 2.18. The second-order valence-corrected chi connectivity index (χ2v) is 6.79. The summed E-state index contributed by atoms with van der Waals surface area (Å²) in [7, 11) is 0. The van der Waals surface area contributed by atoms with Gasteiger partial charge in [-0.15, -0.1) is 0 Å². The summed E-state index contributed by atoms with van der Waals surface area (Å²) in [5.41, 5.74) is 4.68. The molecule has 138 valence electrons. The third kappa shape index (κ3) is 4.82. The summed E-state index contributed by atoms with van der Waals surface area (Å²) >= 11 is 0. The maximum absolute atomic E-state index is 11.4. The summed E-state index contributed by atoms with van der Waals surface area (Å²) in [6.07, 6.45) is 4.54. The minimum Gasteiger partial charge on any atom is -0.396 e. The standard InChI is InChI=1S/C21H27N3O2/c1-17(26)23-11-13-24(14-12-23)21-9-8-20(22-16-21)7-6-18-2-4-19(5-3-18)10-15-25/h2-5,8-9,16,25H,6-7,10-15H2,1H3. The summed E-state index contributed by atoms with van der Waals surface area (Å²) in [6, 6.07) is 12.7. The van der Waals surface area contributed by atoms with Gasteiger partial charge in [0.05, 0.1) is 11.9 Å². The van der Waals surface area contributed by atoms with Crippen LogP contribution < -0.4 is 4.90 Å². The van der Waals surface area contributed by atoms with Gasteiger partial charge in [0.15, 0.2) is 0 Å². The van der Waals surface area contributed by atoms with E-state index in [-0.39, 0.29) is 12.5 Å². The molecular weight excluding hydrogens is 326 g/mol. The van der Waals surface area contributed by atoms with E-state index in [1.54, 1.807) is 6.92 Å². The molecule has 1 amide bonds. The molecule has 5 heteroatoms. The number of pyridine rings is 1. The molecule has 1 fully saturated rings. The molecule has 1 aromatic carbocycles. The monoisotopic (exact) mass is 353 g/mol. The quantitative estimate of drug-likeness (QED) is 0.864. The van der Waals surface area contributed by atoms with Gasteiger partial charge in [-0.05, 0) is 42.5 Å². The number of aryl methyl sites for hydroxylation is 2. The summed E-state index contributed by atoms with van der Waals surface area (Å²) in [5, 5.41) is 8.97. The molecule has 1 aromatic heterocycles. The van der Waals surface area contributed by atoms with E-state index < -0.39 is 0 Å². The minimum absolute atomic E-state index is 0.155. The number of hydrogen-bond acceptors (Lipinski definition) is 4. The topological polar surface area (TPSA) is 56.7 Å². The van der Waals surface area contributed by atoms with Gasteiger partial charge < -0.3 is 14.9 Å². The molecule has 0 bridgehead atoms. The Labute approximate surface area is 155 Å². The molecule has 0 saturated carbocycles. The minimum atomic E-state index is 0.155. The van der Waals surface area contributed by atoms with Gasteiger partial charge in [-0.1, -0.05) is 24.3 Å². The number of rotatable bonds is 6. The van der Waals surface area contributed by atoms with Crippen LogP contribution in [0.2, 0.25) is 0 Å². The van der Waals surface area contributed by atoms with Crippen LogP contribution in [0, 0.1) is 0 Å². The fourth-order valence-corrected chi connectivity index (χ4v) is 3.31. The molecule has 0 spiro atoms. The maximum atomic E-state index is 11.4. The molecular formula is C21H27N3O2. The van der Waals surface area contributed by atoms with E-state index in [1.807, 2.05) is 11.1 Å². The highest BCUT2D eigenvalue weighted by Crippen LogP contribution is 2.17. The van der Waals surface area contributed by atoms with E-state index in [4.69, 9.17) is 5.11 Å². The number of aromatic nitrogens is 1. The largest absolute Gasteiger partial charge is 0.396 e. The van der Waals surface area contributed by atoms with E-state index >= 15 is 0 Å². The highest BCUT2D eigenvalue weighted by molar-refractivity contribution is 5.73. The normalized spacial score (nSPS) is 14.5. The van der Waals surface area contributed by atoms with Crippen LogP contribution in [0.25, 0.3) is 0 Å². The average molecular weight is 353 g/mol. The van der Waals surface area contributed by atoms with Crippen molar-refractivity contribution in [1.29, 1.82) is 0 Å². The molecule has 1 saturated heterocycles. The number of carbonyl (C=O) groups is 1. The van der Waals surface area contributed by atoms with Crippen molar-refractivity contribution in [3.63, 3.8) is 0 Å². The SMILES string of the molecule is CC(=O)N1CCN(c2ccc(CCc3ccc(CCO)cc3)nc2)CC1. The van der Waals surface area contributed by atoms with Crippen molar-refractivity contribution in [1.82, 2.24) is 9.88 Å². The Kier molecular flexibility index (Phi) is 6.23. The van der Waals surface area contributed by atoms with Crippen LogP contribution in [0.15, 0.2) is 42.6 Å². The summed E-state index contributed by atoms with van der Waals surface area (Å²) < 4.78 is 0. The van der Waals surface area contributed by atoms with Gasteiger partial charge in [-0.3, -0.25) is 9.78 Å². The Morgan fingerprint density at radius 3 is 2.15 bits per heavy atom. The summed E-state index contributed by atoms with van der Waals surface area (Å²) in [6.45, 7) is 5.11. The number of piperazine rings is 1. The van der Waals surface area contributed by atoms with E-state index in [0.717, 1.165) is 50.4 Å². The molecule has 2 heterocycles. The molecule has 26 heavy (non-hydrogen) atoms. The predicted octanol–water partition coefficient (Wildman–Crippen LogP) is 2.07. The number of anilines is 1. The molecule has 5 nitrogen and oxygen atoms in total. The lowest BCUT2D eigenvalue weighted by Gasteiger charge is -2.35. The zero-order valence-corrected chi connectivity index (χ0v) is 15.4. The lowest BCUT2D eigenvalue weighted by atomic mass is 10.0. The molecule has 3 rings (SSSR count). The Balaban J connectivity index is 1.51. The Morgan fingerprint density at radius 1 is 0.962 bits per heavy atom. The first-order valence-corrected chi connectivity index (χ1v) is 9.30. The van der Waals surface area contributed by atoms with Gasteiger partial charge in [0.2, 0.25) is 5.91 Å². The van der Waals surface area contributed by atoms with Gasteiger partial charge >= 0.3 is 0 Å². The summed E-state index contributed by atoms with van der Waals surface area (Å²) in [5.74, 6) is 0.155. The second-order valence-electron chi connectivity index (χ2n) is 6.79. The average Bonchev–Trinajstić information content (AvgIpc) is 2.68. The second kappa shape index (κ2) is 8.81. The number of amides is 1. The summed E-state index contributed by atoms with van der Waals surface area (Å²) in [4.78, 5) is 20.2. The molecule has 0 atom stereocenters. The third-order valence-electron chi connectivity index (χ3n) is 4.99. The first kappa shape index (κ1) is 18.4. The number of carbonyl (C=O) groups excluding carboxylic acids is 1. The first-order chi connectivity index (χ1) is 12.7. The zero-order chi connectivity index (χ0) is 18.4. The third-order valence-corrected chi connectivity index (χ3v) is 4.99. The van der Waals surface area contributed by atoms with Crippen molar-refractivity contribution in [3.05, 3.63) is 59.4 Å². The Morgan fingerprint density at radius 2 is 1.62 bits per heavy atom.